The van der Waals surface area contributed by atoms with Crippen LogP contribution in [0.4, 0.5) is 4.39 Å². The molecule has 5 nitrogen and oxygen atoms in total. The molecular weight excluding hydrogens is 566 g/mol. The first-order valence-electron chi connectivity index (χ1n) is 13.5. The van der Waals surface area contributed by atoms with Gasteiger partial charge in [-0.3, -0.25) is 0 Å². The van der Waals surface area contributed by atoms with Crippen LogP contribution in [-0.4, -0.2) is 30.3 Å². The van der Waals surface area contributed by atoms with Gasteiger partial charge in [0.2, 0.25) is 0 Å². The minimum atomic E-state index is -2.09. The fourth-order valence-electron chi connectivity index (χ4n) is 6.59. The molecule has 2 aromatic carbocycles. The van der Waals surface area contributed by atoms with E-state index in [1.165, 1.54) is 18.4 Å². The third-order valence-electron chi connectivity index (χ3n) is 8.21. The number of aliphatic hydroxyl groups is 1. The molecule has 2 heterocycles. The van der Waals surface area contributed by atoms with Crippen molar-refractivity contribution in [3.8, 4) is 11.5 Å². The zero-order valence-electron chi connectivity index (χ0n) is 24.0. The molecule has 0 spiro atoms. The van der Waals surface area contributed by atoms with Gasteiger partial charge in [0.05, 0.1) is 20.2 Å². The Balaban J connectivity index is 1.78. The quantitative estimate of drug-likeness (QED) is 0.178. The van der Waals surface area contributed by atoms with Crippen LogP contribution in [0.1, 0.15) is 64.3 Å². The second-order valence-electron chi connectivity index (χ2n) is 11.2. The molecule has 40 heavy (non-hydrogen) atoms. The van der Waals surface area contributed by atoms with E-state index in [4.69, 9.17) is 32.7 Å². The van der Waals surface area contributed by atoms with Gasteiger partial charge in [0.15, 0.2) is 11.5 Å². The van der Waals surface area contributed by atoms with Gasteiger partial charge in [0, 0.05) is 45.6 Å². The minimum Gasteiger partial charge on any atom is -0.493 e. The minimum absolute atomic E-state index is 0.0403. The topological polar surface area (TPSA) is 67.4 Å². The molecule has 0 radical (unpaired) electrons. The molecule has 0 fully saturated rings. The summed E-state index contributed by atoms with van der Waals surface area (Å²) in [6, 6.07) is 9.83. The Kier molecular flexibility index (Phi) is 9.20. The molecular formula is C31H37Cl2FN2O3Si. The maximum atomic E-state index is 14.3. The summed E-state index contributed by atoms with van der Waals surface area (Å²) in [6.07, 6.45) is 2.65. The van der Waals surface area contributed by atoms with Gasteiger partial charge < -0.3 is 19.6 Å². The predicted octanol–water partition coefficient (Wildman–Crippen LogP) is 8.56. The van der Waals surface area contributed by atoms with E-state index < -0.39 is 20.0 Å². The van der Waals surface area contributed by atoms with Crippen LogP contribution in [0, 0.1) is 5.82 Å². The van der Waals surface area contributed by atoms with Crippen LogP contribution in [0.3, 0.4) is 0 Å². The van der Waals surface area contributed by atoms with Crippen molar-refractivity contribution in [2.45, 2.75) is 70.9 Å². The number of benzene rings is 2. The number of fused-ring (bicyclic) bond motifs is 1. The highest BCUT2D eigenvalue weighted by Crippen LogP contribution is 2.44. The van der Waals surface area contributed by atoms with Crippen LogP contribution in [0.2, 0.25) is 26.7 Å². The van der Waals surface area contributed by atoms with E-state index in [1.807, 2.05) is 12.4 Å². The summed E-state index contributed by atoms with van der Waals surface area (Å²) in [5.41, 5.74) is 3.72. The SMILES string of the molecule is COc1cc(C(O)c2c[nH]c3nccc([Si](C(C)C)(C(C)C)C(C)C)c23)c(Cl)cc1OCc1ccc(Cl)cc1F. The fraction of sp³-hybridized carbons (Fsp3) is 0.387. The summed E-state index contributed by atoms with van der Waals surface area (Å²) in [6.45, 7) is 13.9. The first kappa shape index (κ1) is 30.4. The van der Waals surface area contributed by atoms with E-state index >= 15 is 0 Å². The third-order valence-corrected chi connectivity index (χ3v) is 15.9. The molecule has 2 aromatic heterocycles. The largest absolute Gasteiger partial charge is 0.493 e. The lowest BCUT2D eigenvalue weighted by atomic mass is 10.0. The number of aromatic nitrogens is 2. The lowest BCUT2D eigenvalue weighted by Gasteiger charge is -2.44. The highest BCUT2D eigenvalue weighted by atomic mass is 35.5. The van der Waals surface area contributed by atoms with Gasteiger partial charge in [-0.25, -0.2) is 9.37 Å². The summed E-state index contributed by atoms with van der Waals surface area (Å²) in [4.78, 5) is 7.89. The van der Waals surface area contributed by atoms with Gasteiger partial charge >= 0.3 is 0 Å². The second kappa shape index (κ2) is 12.1. The molecule has 0 amide bonds. The normalized spacial score (nSPS) is 13.1. The van der Waals surface area contributed by atoms with Crippen LogP contribution in [0.25, 0.3) is 11.0 Å². The summed E-state index contributed by atoms with van der Waals surface area (Å²) in [5.74, 6) is 0.253. The lowest BCUT2D eigenvalue weighted by Crippen LogP contribution is -2.56. The van der Waals surface area contributed by atoms with Crippen LogP contribution in [0.5, 0.6) is 11.5 Å². The Hall–Kier alpha value is -2.58. The monoisotopic (exact) mass is 602 g/mol. The van der Waals surface area contributed by atoms with Crippen molar-refractivity contribution in [1.29, 1.82) is 0 Å². The molecule has 0 aliphatic heterocycles. The number of ether oxygens (including phenoxy) is 2. The molecule has 1 unspecified atom stereocenters. The number of pyridine rings is 1. The first-order valence-corrected chi connectivity index (χ1v) is 16.5. The number of aromatic amines is 1. The highest BCUT2D eigenvalue weighted by Gasteiger charge is 2.46. The Morgan fingerprint density at radius 2 is 1.62 bits per heavy atom. The first-order chi connectivity index (χ1) is 18.9. The molecule has 0 aliphatic carbocycles. The Morgan fingerprint density at radius 1 is 0.950 bits per heavy atom. The van der Waals surface area contributed by atoms with Gasteiger partial charge in [-0.15, -0.1) is 0 Å². The lowest BCUT2D eigenvalue weighted by molar-refractivity contribution is 0.220. The van der Waals surface area contributed by atoms with Gasteiger partial charge in [0.1, 0.15) is 24.2 Å². The third kappa shape index (κ3) is 5.37. The van der Waals surface area contributed by atoms with Crippen molar-refractivity contribution in [2.75, 3.05) is 7.11 Å². The number of methoxy groups -OCH3 is 1. The molecule has 9 heteroatoms. The summed E-state index contributed by atoms with van der Waals surface area (Å²) in [5, 5.41) is 14.6. The van der Waals surface area contributed by atoms with Crippen molar-refractivity contribution in [3.05, 3.63) is 81.3 Å². The standard InChI is InChI=1S/C31H37Cl2FN2O3Si/c1-17(2)40(18(3)4,19(5)6)28-10-11-35-31-29(28)23(15-36-31)30(37)22-13-26(38-7)27(14-24(22)33)39-16-20-8-9-21(32)12-25(20)34/h8-15,17-19,30,37H,16H2,1-7H3,(H,35,36). The zero-order valence-corrected chi connectivity index (χ0v) is 26.5. The Bertz CT molecular complexity index is 1480. The molecule has 4 aromatic rings. The number of hydrogen-bond donors (Lipinski definition) is 2. The molecule has 0 aliphatic rings. The van der Waals surface area contributed by atoms with E-state index in [0.717, 1.165) is 16.6 Å². The van der Waals surface area contributed by atoms with E-state index in [9.17, 15) is 9.50 Å². The number of halogens is 3. The van der Waals surface area contributed by atoms with Crippen molar-refractivity contribution in [1.82, 2.24) is 9.97 Å². The predicted molar refractivity (Wildman–Crippen MR) is 165 cm³/mol. The molecule has 4 rings (SSSR count). The molecule has 2 N–H and O–H groups in total. The number of aliphatic hydroxyl groups excluding tert-OH is 1. The number of nitrogens with zero attached hydrogens (tertiary/aromatic N) is 1. The fourth-order valence-corrected chi connectivity index (χ4v) is 13.9. The Morgan fingerprint density at radius 3 is 2.23 bits per heavy atom. The van der Waals surface area contributed by atoms with Crippen molar-refractivity contribution in [2.24, 2.45) is 0 Å². The molecule has 1 atom stereocenters. The maximum absolute atomic E-state index is 14.3. The smallest absolute Gasteiger partial charge is 0.163 e. The van der Waals surface area contributed by atoms with Crippen LogP contribution in [-0.2, 0) is 6.61 Å². The van der Waals surface area contributed by atoms with E-state index in [-0.39, 0.29) is 6.61 Å². The van der Waals surface area contributed by atoms with Gasteiger partial charge in [-0.2, -0.15) is 0 Å². The van der Waals surface area contributed by atoms with Gasteiger partial charge in [0.25, 0.3) is 0 Å². The molecule has 0 saturated heterocycles. The summed E-state index contributed by atoms with van der Waals surface area (Å²) in [7, 11) is -0.579. The molecule has 214 valence electrons. The number of rotatable bonds is 10. The average molecular weight is 604 g/mol. The number of hydrogen-bond acceptors (Lipinski definition) is 4. The number of nitrogens with one attached hydrogen (secondary N) is 1. The summed E-state index contributed by atoms with van der Waals surface area (Å²) < 4.78 is 25.7. The molecule has 0 bridgehead atoms. The zero-order chi connectivity index (χ0) is 29.4. The number of H-pyrrole nitrogens is 1. The van der Waals surface area contributed by atoms with Gasteiger partial charge in [-0.1, -0.05) is 70.8 Å². The highest BCUT2D eigenvalue weighted by molar-refractivity contribution is 6.96. The maximum Gasteiger partial charge on any atom is 0.163 e. The van der Waals surface area contributed by atoms with Crippen molar-refractivity contribution >= 4 is 47.5 Å². The van der Waals surface area contributed by atoms with Crippen LogP contribution in [0.15, 0.2) is 48.8 Å². The Labute approximate surface area is 246 Å². The van der Waals surface area contributed by atoms with E-state index in [0.29, 0.717) is 49.3 Å². The van der Waals surface area contributed by atoms with Crippen molar-refractivity contribution in [3.63, 3.8) is 0 Å². The average Bonchev–Trinajstić information content (AvgIpc) is 3.32. The van der Waals surface area contributed by atoms with Crippen LogP contribution < -0.4 is 14.7 Å². The van der Waals surface area contributed by atoms with E-state index in [2.05, 4.69) is 57.6 Å². The molecule has 0 saturated carbocycles. The second-order valence-corrected chi connectivity index (χ2v) is 17.9. The van der Waals surface area contributed by atoms with E-state index in [1.54, 1.807) is 24.3 Å². The summed E-state index contributed by atoms with van der Waals surface area (Å²) >= 11 is 12.6. The van der Waals surface area contributed by atoms with Crippen LogP contribution >= 0.6 is 23.2 Å². The van der Waals surface area contributed by atoms with Gasteiger partial charge in [-0.05, 0) is 46.1 Å². The van der Waals surface area contributed by atoms with Crippen molar-refractivity contribution < 1.29 is 19.0 Å².